The molecule has 22 heavy (non-hydrogen) atoms. The Hall–Kier alpha value is -1.36. The Morgan fingerprint density at radius 3 is 2.55 bits per heavy atom. The van der Waals surface area contributed by atoms with Crippen molar-refractivity contribution in [2.45, 2.75) is 64.4 Å². The molecule has 1 heterocycles. The lowest BCUT2D eigenvalue weighted by atomic mass is 9.47. The van der Waals surface area contributed by atoms with Gasteiger partial charge in [0.15, 0.2) is 5.76 Å². The standard InChI is InChI=1S/C17H24N2O3/c1-10-15(11(2)22-19-10)18-14(20)8-16-4-12-3-13(5-16)7-17(21,6-12)9-16/h12-13,21H,3-9H2,1-2H3,(H,18,20). The Bertz CT molecular complexity index is 588. The first-order valence-corrected chi connectivity index (χ1v) is 8.32. The number of carbonyl (C=O) groups excluding carboxylic acids is 1. The molecule has 5 rings (SSSR count). The maximum atomic E-state index is 12.5. The van der Waals surface area contributed by atoms with Crippen LogP contribution >= 0.6 is 0 Å². The minimum absolute atomic E-state index is 0.00188. The third-order valence-electron chi connectivity index (χ3n) is 5.98. The van der Waals surface area contributed by atoms with E-state index in [0.717, 1.165) is 37.8 Å². The normalized spacial score (nSPS) is 39.2. The minimum atomic E-state index is -0.507. The summed E-state index contributed by atoms with van der Waals surface area (Å²) in [4.78, 5) is 12.5. The van der Waals surface area contributed by atoms with Crippen LogP contribution in [-0.2, 0) is 4.79 Å². The maximum Gasteiger partial charge on any atom is 0.225 e. The second-order valence-electron chi connectivity index (χ2n) is 8.11. The number of aliphatic hydroxyl groups is 1. The van der Waals surface area contributed by atoms with Gasteiger partial charge >= 0.3 is 0 Å². The third kappa shape index (κ3) is 2.26. The molecule has 4 aliphatic rings. The summed E-state index contributed by atoms with van der Waals surface area (Å²) < 4.78 is 5.10. The molecule has 4 aliphatic carbocycles. The third-order valence-corrected chi connectivity index (χ3v) is 5.98. The summed E-state index contributed by atoms with van der Waals surface area (Å²) in [6.07, 6.45) is 6.62. The predicted octanol–water partition coefficient (Wildman–Crippen LogP) is 2.95. The van der Waals surface area contributed by atoms with Gasteiger partial charge in [0.2, 0.25) is 5.91 Å². The van der Waals surface area contributed by atoms with Gasteiger partial charge in [0.25, 0.3) is 0 Å². The summed E-state index contributed by atoms with van der Waals surface area (Å²) >= 11 is 0. The first-order chi connectivity index (χ1) is 10.4. The van der Waals surface area contributed by atoms with Gasteiger partial charge in [-0.25, -0.2) is 0 Å². The van der Waals surface area contributed by atoms with E-state index in [0.29, 0.717) is 29.7 Å². The molecule has 2 atom stereocenters. The van der Waals surface area contributed by atoms with Crippen molar-refractivity contribution in [2.24, 2.45) is 17.3 Å². The van der Waals surface area contributed by atoms with Crippen LogP contribution in [-0.4, -0.2) is 21.8 Å². The molecule has 5 nitrogen and oxygen atoms in total. The zero-order valence-electron chi connectivity index (χ0n) is 13.3. The molecule has 4 bridgehead atoms. The predicted molar refractivity (Wildman–Crippen MR) is 81.3 cm³/mol. The quantitative estimate of drug-likeness (QED) is 0.900. The SMILES string of the molecule is Cc1noc(C)c1NC(=O)CC12CC3CC(CC(O)(C3)C1)C2. The molecule has 5 heteroatoms. The number of amides is 1. The molecular formula is C17H24N2O3. The van der Waals surface area contributed by atoms with E-state index in [-0.39, 0.29) is 11.3 Å². The van der Waals surface area contributed by atoms with Gasteiger partial charge in [-0.1, -0.05) is 5.16 Å². The van der Waals surface area contributed by atoms with Crippen LogP contribution in [0.5, 0.6) is 0 Å². The lowest BCUT2D eigenvalue weighted by molar-refractivity contribution is -0.167. The Labute approximate surface area is 130 Å². The van der Waals surface area contributed by atoms with Gasteiger partial charge in [0.05, 0.1) is 5.60 Å². The fourth-order valence-corrected chi connectivity index (χ4v) is 5.79. The van der Waals surface area contributed by atoms with Crippen LogP contribution < -0.4 is 5.32 Å². The van der Waals surface area contributed by atoms with Crippen molar-refractivity contribution >= 4 is 11.6 Å². The highest BCUT2D eigenvalue weighted by atomic mass is 16.5. The average molecular weight is 304 g/mol. The van der Waals surface area contributed by atoms with Crippen molar-refractivity contribution in [1.82, 2.24) is 5.16 Å². The Morgan fingerprint density at radius 1 is 1.32 bits per heavy atom. The lowest BCUT2D eigenvalue weighted by Crippen LogP contribution is -2.56. The zero-order valence-corrected chi connectivity index (χ0v) is 13.3. The van der Waals surface area contributed by atoms with Crippen molar-refractivity contribution in [3.8, 4) is 0 Å². The fourth-order valence-electron chi connectivity index (χ4n) is 5.79. The number of nitrogens with one attached hydrogen (secondary N) is 1. The monoisotopic (exact) mass is 304 g/mol. The number of aryl methyl sites for hydroxylation is 2. The van der Waals surface area contributed by atoms with Gasteiger partial charge < -0.3 is 14.9 Å². The minimum Gasteiger partial charge on any atom is -0.390 e. The first kappa shape index (κ1) is 14.2. The van der Waals surface area contributed by atoms with Crippen LogP contribution in [0.15, 0.2) is 4.52 Å². The number of hydrogen-bond acceptors (Lipinski definition) is 4. The smallest absolute Gasteiger partial charge is 0.225 e. The number of anilines is 1. The van der Waals surface area contributed by atoms with E-state index < -0.39 is 5.60 Å². The van der Waals surface area contributed by atoms with Crippen LogP contribution in [0.2, 0.25) is 0 Å². The highest BCUT2D eigenvalue weighted by Gasteiger charge is 2.57. The molecule has 0 saturated heterocycles. The van der Waals surface area contributed by atoms with E-state index in [1.807, 2.05) is 13.8 Å². The molecule has 120 valence electrons. The van der Waals surface area contributed by atoms with E-state index >= 15 is 0 Å². The summed E-state index contributed by atoms with van der Waals surface area (Å²) in [6, 6.07) is 0. The number of hydrogen-bond donors (Lipinski definition) is 2. The molecule has 2 unspecified atom stereocenters. The van der Waals surface area contributed by atoms with E-state index in [1.165, 1.54) is 6.42 Å². The van der Waals surface area contributed by atoms with Crippen LogP contribution in [0.3, 0.4) is 0 Å². The van der Waals surface area contributed by atoms with Gasteiger partial charge in [-0.15, -0.1) is 0 Å². The Balaban J connectivity index is 1.50. The Morgan fingerprint density at radius 2 is 2.00 bits per heavy atom. The topological polar surface area (TPSA) is 75.4 Å². The Kier molecular flexibility index (Phi) is 2.96. The largest absolute Gasteiger partial charge is 0.390 e. The molecule has 1 aromatic rings. The van der Waals surface area contributed by atoms with Crippen molar-refractivity contribution in [3.63, 3.8) is 0 Å². The average Bonchev–Trinajstić information content (AvgIpc) is 2.66. The molecule has 4 fully saturated rings. The summed E-state index contributed by atoms with van der Waals surface area (Å²) in [6.45, 7) is 3.64. The van der Waals surface area contributed by atoms with E-state index in [9.17, 15) is 9.90 Å². The van der Waals surface area contributed by atoms with Crippen molar-refractivity contribution < 1.29 is 14.4 Å². The van der Waals surface area contributed by atoms with Gasteiger partial charge in [-0.05, 0) is 69.6 Å². The highest BCUT2D eigenvalue weighted by molar-refractivity contribution is 5.92. The molecular weight excluding hydrogens is 280 g/mol. The second-order valence-corrected chi connectivity index (χ2v) is 8.11. The molecule has 0 aromatic carbocycles. The summed E-state index contributed by atoms with van der Waals surface area (Å²) in [5.41, 5.74) is 0.915. The van der Waals surface area contributed by atoms with Crippen molar-refractivity contribution in [1.29, 1.82) is 0 Å². The summed E-state index contributed by atoms with van der Waals surface area (Å²) in [5, 5.41) is 17.6. The number of carbonyl (C=O) groups is 1. The molecule has 1 amide bonds. The van der Waals surface area contributed by atoms with Crippen LogP contribution in [0.1, 0.15) is 56.4 Å². The van der Waals surface area contributed by atoms with Gasteiger partial charge in [0, 0.05) is 6.42 Å². The van der Waals surface area contributed by atoms with E-state index in [2.05, 4.69) is 10.5 Å². The summed E-state index contributed by atoms with van der Waals surface area (Å²) in [5.74, 6) is 1.89. The number of rotatable bonds is 3. The van der Waals surface area contributed by atoms with Gasteiger partial charge in [0.1, 0.15) is 11.4 Å². The summed E-state index contributed by atoms with van der Waals surface area (Å²) in [7, 11) is 0. The first-order valence-electron chi connectivity index (χ1n) is 8.32. The number of nitrogens with zero attached hydrogens (tertiary/aromatic N) is 1. The molecule has 0 radical (unpaired) electrons. The highest BCUT2D eigenvalue weighted by Crippen LogP contribution is 2.62. The van der Waals surface area contributed by atoms with Gasteiger partial charge in [-0.2, -0.15) is 0 Å². The lowest BCUT2D eigenvalue weighted by Gasteiger charge is -2.60. The number of aromatic nitrogens is 1. The van der Waals surface area contributed by atoms with Crippen LogP contribution in [0.25, 0.3) is 0 Å². The van der Waals surface area contributed by atoms with Crippen molar-refractivity contribution in [3.05, 3.63) is 11.5 Å². The van der Waals surface area contributed by atoms with E-state index in [1.54, 1.807) is 0 Å². The van der Waals surface area contributed by atoms with Crippen molar-refractivity contribution in [2.75, 3.05) is 5.32 Å². The van der Waals surface area contributed by atoms with Crippen LogP contribution in [0.4, 0.5) is 5.69 Å². The van der Waals surface area contributed by atoms with E-state index in [4.69, 9.17) is 4.52 Å². The molecule has 0 aliphatic heterocycles. The fraction of sp³-hybridized carbons (Fsp3) is 0.765. The molecule has 0 spiro atoms. The molecule has 2 N–H and O–H groups in total. The van der Waals surface area contributed by atoms with Crippen LogP contribution in [0, 0.1) is 31.1 Å². The second kappa shape index (κ2) is 4.57. The molecule has 1 aromatic heterocycles. The maximum absolute atomic E-state index is 12.5. The molecule has 4 saturated carbocycles. The zero-order chi connectivity index (χ0) is 15.5. The van der Waals surface area contributed by atoms with Gasteiger partial charge in [-0.3, -0.25) is 4.79 Å².